The highest BCUT2D eigenvalue weighted by Gasteiger charge is 2.32. The van der Waals surface area contributed by atoms with Crippen molar-refractivity contribution in [2.45, 2.75) is 25.5 Å². The van der Waals surface area contributed by atoms with Gasteiger partial charge in [-0.1, -0.05) is 90.2 Å². The zero-order valence-corrected chi connectivity index (χ0v) is 28.3. The standard InChI is InChI=1S/C38H25Br2FN2O2S/c39-31-18-22(19-32(40)36(31)45-21-26-9-5-8-23-6-1-3-10-28(23)26)20-33-37(44)43-35(25-12-15-27(41)16-13-25)30-17-14-24-7-2-4-11-29(24)34(30)42-38(43)46-33/h1-13,15-16,18-20,35H,14,17,21H2/b33-20-/t35-/m0/s1. The van der Waals surface area contributed by atoms with Gasteiger partial charge >= 0.3 is 0 Å². The van der Waals surface area contributed by atoms with Gasteiger partial charge in [0, 0.05) is 5.56 Å². The first-order valence-corrected chi connectivity index (χ1v) is 17.3. The SMILES string of the molecule is O=c1/c(=C/c2cc(Br)c(OCc3cccc4ccccc34)c(Br)c2)sc2n1[C@@H](c1ccc(F)cc1)C1=C(N=2)c2ccccc2CC1. The van der Waals surface area contributed by atoms with Crippen molar-refractivity contribution in [1.82, 2.24) is 4.57 Å². The summed E-state index contributed by atoms with van der Waals surface area (Å²) in [6.45, 7) is 0.410. The van der Waals surface area contributed by atoms with E-state index >= 15 is 0 Å². The van der Waals surface area contributed by atoms with E-state index in [1.54, 1.807) is 16.7 Å². The minimum absolute atomic E-state index is 0.119. The lowest BCUT2D eigenvalue weighted by Gasteiger charge is -2.30. The molecule has 8 rings (SSSR count). The quantitative estimate of drug-likeness (QED) is 0.177. The van der Waals surface area contributed by atoms with E-state index in [1.165, 1.54) is 34.4 Å². The van der Waals surface area contributed by atoms with Crippen molar-refractivity contribution < 1.29 is 9.13 Å². The van der Waals surface area contributed by atoms with Crippen LogP contribution in [0.5, 0.6) is 5.75 Å². The largest absolute Gasteiger partial charge is 0.487 e. The highest BCUT2D eigenvalue weighted by molar-refractivity contribution is 9.11. The van der Waals surface area contributed by atoms with Crippen LogP contribution >= 0.6 is 43.2 Å². The summed E-state index contributed by atoms with van der Waals surface area (Å²) in [5.74, 6) is 0.384. The Bertz CT molecular complexity index is 2370. The number of nitrogens with zero attached hydrogens (tertiary/aromatic N) is 2. The Hall–Kier alpha value is -4.11. The molecule has 5 aromatic carbocycles. The van der Waals surface area contributed by atoms with E-state index in [-0.39, 0.29) is 17.4 Å². The van der Waals surface area contributed by atoms with Gasteiger partial charge in [0.05, 0.1) is 25.2 Å². The lowest BCUT2D eigenvalue weighted by Crippen LogP contribution is -2.38. The highest BCUT2D eigenvalue weighted by Crippen LogP contribution is 2.41. The fourth-order valence-electron chi connectivity index (χ4n) is 6.49. The Balaban J connectivity index is 1.19. The number of hydrogen-bond donors (Lipinski definition) is 0. The number of thiazole rings is 1. The topological polar surface area (TPSA) is 43.6 Å². The van der Waals surface area contributed by atoms with Gasteiger partial charge in [0.1, 0.15) is 18.2 Å². The first-order valence-electron chi connectivity index (χ1n) is 14.9. The third-order valence-corrected chi connectivity index (χ3v) is 10.8. The number of ether oxygens (including phenoxy) is 1. The monoisotopic (exact) mass is 750 g/mol. The van der Waals surface area contributed by atoms with Gasteiger partial charge in [0.25, 0.3) is 5.56 Å². The van der Waals surface area contributed by atoms with Crippen molar-refractivity contribution in [3.63, 3.8) is 0 Å². The smallest absolute Gasteiger partial charge is 0.271 e. The summed E-state index contributed by atoms with van der Waals surface area (Å²) < 4.78 is 24.2. The lowest BCUT2D eigenvalue weighted by atomic mass is 9.83. The van der Waals surface area contributed by atoms with Gasteiger partial charge in [0.15, 0.2) is 4.80 Å². The Labute approximate surface area is 285 Å². The molecule has 1 aliphatic heterocycles. The maximum atomic E-state index is 14.1. The number of halogens is 3. The van der Waals surface area contributed by atoms with Crippen molar-refractivity contribution >= 4 is 65.7 Å². The third kappa shape index (κ3) is 5.18. The summed E-state index contributed by atoms with van der Waals surface area (Å²) in [6, 6.07) is 32.8. The summed E-state index contributed by atoms with van der Waals surface area (Å²) in [5, 5.41) is 2.33. The lowest BCUT2D eigenvalue weighted by molar-refractivity contribution is 0.303. The molecule has 0 radical (unpaired) electrons. The number of aromatic nitrogens is 1. The van der Waals surface area contributed by atoms with Crippen LogP contribution in [0.4, 0.5) is 4.39 Å². The summed E-state index contributed by atoms with van der Waals surface area (Å²) in [7, 11) is 0. The van der Waals surface area contributed by atoms with Crippen LogP contribution in [0.15, 0.2) is 127 Å². The molecule has 46 heavy (non-hydrogen) atoms. The molecule has 0 saturated carbocycles. The summed E-state index contributed by atoms with van der Waals surface area (Å²) in [6.07, 6.45) is 3.54. The van der Waals surface area contributed by atoms with Gasteiger partial charge in [-0.15, -0.1) is 0 Å². The Morgan fingerprint density at radius 1 is 0.913 bits per heavy atom. The molecule has 0 fully saturated rings. The molecular formula is C38H25Br2FN2O2S. The Morgan fingerprint density at radius 3 is 2.48 bits per heavy atom. The Morgan fingerprint density at radius 2 is 1.65 bits per heavy atom. The van der Waals surface area contributed by atoms with Crippen molar-refractivity contribution in [2.75, 3.05) is 0 Å². The first kappa shape index (κ1) is 29.3. The molecule has 0 N–H and O–H groups in total. The van der Waals surface area contributed by atoms with Gasteiger partial charge in [-0.3, -0.25) is 9.36 Å². The number of aryl methyl sites for hydroxylation is 1. The van der Waals surface area contributed by atoms with Crippen LogP contribution < -0.4 is 19.6 Å². The molecule has 8 heteroatoms. The predicted octanol–water partition coefficient (Wildman–Crippen LogP) is 8.72. The van der Waals surface area contributed by atoms with Crippen molar-refractivity contribution in [3.05, 3.63) is 171 Å². The average Bonchev–Trinajstić information content (AvgIpc) is 3.37. The van der Waals surface area contributed by atoms with Crippen molar-refractivity contribution in [2.24, 2.45) is 4.99 Å². The van der Waals surface area contributed by atoms with Gasteiger partial charge < -0.3 is 4.74 Å². The first-order chi connectivity index (χ1) is 22.4. The normalized spacial score (nSPS) is 15.7. The molecule has 2 aliphatic rings. The second kappa shape index (κ2) is 11.9. The molecule has 1 atom stereocenters. The zero-order valence-electron chi connectivity index (χ0n) is 24.3. The highest BCUT2D eigenvalue weighted by atomic mass is 79.9. The van der Waals surface area contributed by atoms with Crippen molar-refractivity contribution in [1.29, 1.82) is 0 Å². The molecule has 0 bridgehead atoms. The van der Waals surface area contributed by atoms with Crippen LogP contribution in [0.1, 0.15) is 40.3 Å². The van der Waals surface area contributed by atoms with E-state index in [4.69, 9.17) is 9.73 Å². The van der Waals surface area contributed by atoms with E-state index in [0.717, 1.165) is 60.7 Å². The minimum atomic E-state index is -0.356. The molecule has 1 aliphatic carbocycles. The molecule has 0 unspecified atom stereocenters. The number of allylic oxidation sites excluding steroid dienone is 1. The Kier molecular flexibility index (Phi) is 7.59. The van der Waals surface area contributed by atoms with Gasteiger partial charge in [0.2, 0.25) is 0 Å². The molecule has 6 aromatic rings. The molecule has 0 saturated heterocycles. The van der Waals surface area contributed by atoms with Crippen LogP contribution in [-0.4, -0.2) is 4.57 Å². The maximum Gasteiger partial charge on any atom is 0.271 e. The molecule has 2 heterocycles. The molecule has 4 nitrogen and oxygen atoms in total. The van der Waals surface area contributed by atoms with Crippen LogP contribution in [0, 0.1) is 5.82 Å². The van der Waals surface area contributed by atoms with Crippen LogP contribution in [-0.2, 0) is 13.0 Å². The number of hydrogen-bond acceptors (Lipinski definition) is 4. The van der Waals surface area contributed by atoms with Crippen LogP contribution in [0.25, 0.3) is 22.5 Å². The molecular weight excluding hydrogens is 727 g/mol. The van der Waals surface area contributed by atoms with Crippen LogP contribution in [0.3, 0.4) is 0 Å². The van der Waals surface area contributed by atoms with Gasteiger partial charge in [-0.2, -0.15) is 0 Å². The molecule has 226 valence electrons. The fraction of sp³-hybridized carbons (Fsp3) is 0.105. The number of benzene rings is 5. The molecule has 0 spiro atoms. The van der Waals surface area contributed by atoms with E-state index in [2.05, 4.69) is 74.3 Å². The third-order valence-electron chi connectivity index (χ3n) is 8.63. The number of rotatable bonds is 5. The summed E-state index contributed by atoms with van der Waals surface area (Å²) in [4.78, 5) is 19.8. The fourth-order valence-corrected chi connectivity index (χ4v) is 8.94. The van der Waals surface area contributed by atoms with E-state index in [9.17, 15) is 9.18 Å². The number of fused-ring (bicyclic) bond motifs is 4. The van der Waals surface area contributed by atoms with Gasteiger partial charge in [-0.25, -0.2) is 9.38 Å². The molecule has 1 aromatic heterocycles. The summed E-state index contributed by atoms with van der Waals surface area (Å²) >= 11 is 8.78. The second-order valence-electron chi connectivity index (χ2n) is 11.4. The van der Waals surface area contributed by atoms with Crippen LogP contribution in [0.2, 0.25) is 0 Å². The summed E-state index contributed by atoms with van der Waals surface area (Å²) in [5.41, 5.74) is 7.04. The van der Waals surface area contributed by atoms with E-state index in [0.29, 0.717) is 21.7 Å². The minimum Gasteiger partial charge on any atom is -0.487 e. The average molecular weight is 753 g/mol. The van der Waals surface area contributed by atoms with E-state index < -0.39 is 0 Å². The predicted molar refractivity (Wildman–Crippen MR) is 189 cm³/mol. The second-order valence-corrected chi connectivity index (χ2v) is 14.1. The zero-order chi connectivity index (χ0) is 31.4. The van der Waals surface area contributed by atoms with E-state index in [1.807, 2.05) is 42.5 Å². The van der Waals surface area contributed by atoms with Crippen molar-refractivity contribution in [3.8, 4) is 5.75 Å². The maximum absolute atomic E-state index is 14.1. The van der Waals surface area contributed by atoms with Gasteiger partial charge in [-0.05, 0) is 114 Å². The molecule has 0 amide bonds.